The summed E-state index contributed by atoms with van der Waals surface area (Å²) >= 11 is 0. The van der Waals surface area contributed by atoms with Crippen LogP contribution in [0.5, 0.6) is 0 Å². The topological polar surface area (TPSA) is 28.2 Å². The molecule has 96 valence electrons. The van der Waals surface area contributed by atoms with Crippen LogP contribution in [-0.2, 0) is 6.54 Å². The molecule has 2 atom stereocenters. The van der Waals surface area contributed by atoms with Crippen molar-refractivity contribution in [3.63, 3.8) is 0 Å². The fourth-order valence-electron chi connectivity index (χ4n) is 2.08. The van der Waals surface area contributed by atoms with Crippen molar-refractivity contribution in [1.29, 1.82) is 0 Å². The molecule has 0 aromatic carbocycles. The molecule has 1 aromatic rings. The van der Waals surface area contributed by atoms with Gasteiger partial charge < -0.3 is 5.32 Å². The van der Waals surface area contributed by atoms with Crippen LogP contribution >= 0.6 is 0 Å². The Kier molecular flexibility index (Phi) is 6.16. The van der Waals surface area contributed by atoms with E-state index < -0.39 is 0 Å². The quantitative estimate of drug-likeness (QED) is 0.786. The molecule has 0 spiro atoms. The highest BCUT2D eigenvalue weighted by molar-refractivity contribution is 5.09. The van der Waals surface area contributed by atoms with Gasteiger partial charge >= 0.3 is 0 Å². The van der Waals surface area contributed by atoms with Gasteiger partial charge in [0.15, 0.2) is 0 Å². The average molecular weight is 235 g/mol. The minimum atomic E-state index is 0.516. The minimum Gasteiger partial charge on any atom is -0.313 e. The summed E-state index contributed by atoms with van der Waals surface area (Å²) in [5, 5.41) is 3.49. The summed E-state index contributed by atoms with van der Waals surface area (Å²) in [5.41, 5.74) is 1.33. The zero-order valence-corrected chi connectivity index (χ0v) is 11.5. The lowest BCUT2D eigenvalue weighted by Gasteiger charge is -2.32. The maximum atomic E-state index is 4.06. The van der Waals surface area contributed by atoms with Gasteiger partial charge in [0.2, 0.25) is 0 Å². The number of likely N-dealkylation sites (N-methyl/N-ethyl adjacent to an activating group) is 2. The van der Waals surface area contributed by atoms with Crippen molar-refractivity contribution in [3.05, 3.63) is 30.1 Å². The Labute approximate surface area is 105 Å². The molecule has 0 amide bonds. The summed E-state index contributed by atoms with van der Waals surface area (Å²) in [6.07, 6.45) is 3.73. The summed E-state index contributed by atoms with van der Waals surface area (Å²) in [7, 11) is 0. The first-order valence-corrected chi connectivity index (χ1v) is 6.55. The number of nitrogens with one attached hydrogen (secondary N) is 1. The van der Waals surface area contributed by atoms with E-state index in [1.807, 2.05) is 12.4 Å². The molecule has 0 aliphatic heterocycles. The van der Waals surface area contributed by atoms with Crippen molar-refractivity contribution >= 4 is 0 Å². The van der Waals surface area contributed by atoms with E-state index in [9.17, 15) is 0 Å². The van der Waals surface area contributed by atoms with E-state index in [1.54, 1.807) is 0 Å². The number of hydrogen-bond donors (Lipinski definition) is 1. The van der Waals surface area contributed by atoms with Crippen molar-refractivity contribution in [2.75, 3.05) is 13.1 Å². The zero-order valence-electron chi connectivity index (χ0n) is 11.5. The van der Waals surface area contributed by atoms with Gasteiger partial charge in [0.25, 0.3) is 0 Å². The second-order valence-corrected chi connectivity index (χ2v) is 4.51. The summed E-state index contributed by atoms with van der Waals surface area (Å²) in [5.74, 6) is 0. The molecule has 0 fully saturated rings. The van der Waals surface area contributed by atoms with Gasteiger partial charge in [-0.05, 0) is 44.6 Å². The third kappa shape index (κ3) is 4.44. The standard InChI is InChI=1S/C14H25N3/c1-5-16-12(3)13(4)17(6-2)11-14-7-9-15-10-8-14/h7-10,12-13,16H,5-6,11H2,1-4H3. The number of nitrogens with zero attached hydrogens (tertiary/aromatic N) is 2. The second-order valence-electron chi connectivity index (χ2n) is 4.51. The first kappa shape index (κ1) is 14.1. The molecule has 0 aliphatic rings. The van der Waals surface area contributed by atoms with Gasteiger partial charge in [0.1, 0.15) is 0 Å². The van der Waals surface area contributed by atoms with E-state index in [1.165, 1.54) is 5.56 Å². The fraction of sp³-hybridized carbons (Fsp3) is 0.643. The van der Waals surface area contributed by atoms with Crippen LogP contribution in [-0.4, -0.2) is 35.1 Å². The Morgan fingerprint density at radius 1 is 1.24 bits per heavy atom. The van der Waals surface area contributed by atoms with Gasteiger partial charge in [-0.1, -0.05) is 13.8 Å². The minimum absolute atomic E-state index is 0.516. The van der Waals surface area contributed by atoms with Gasteiger partial charge in [-0.3, -0.25) is 9.88 Å². The Morgan fingerprint density at radius 3 is 2.41 bits per heavy atom. The maximum absolute atomic E-state index is 4.06. The van der Waals surface area contributed by atoms with Crippen LogP contribution in [0.1, 0.15) is 33.3 Å². The van der Waals surface area contributed by atoms with Crippen molar-refractivity contribution < 1.29 is 0 Å². The first-order chi connectivity index (χ1) is 8.19. The Hall–Kier alpha value is -0.930. The molecule has 1 aromatic heterocycles. The van der Waals surface area contributed by atoms with Crippen molar-refractivity contribution in [2.45, 2.75) is 46.3 Å². The first-order valence-electron chi connectivity index (χ1n) is 6.55. The van der Waals surface area contributed by atoms with Crippen LogP contribution in [0, 0.1) is 0 Å². The van der Waals surface area contributed by atoms with Gasteiger partial charge in [-0.15, -0.1) is 0 Å². The summed E-state index contributed by atoms with van der Waals surface area (Å²) in [6, 6.07) is 5.23. The van der Waals surface area contributed by atoms with E-state index in [4.69, 9.17) is 0 Å². The summed E-state index contributed by atoms with van der Waals surface area (Å²) < 4.78 is 0. The molecule has 17 heavy (non-hydrogen) atoms. The number of aromatic nitrogens is 1. The average Bonchev–Trinajstić information content (AvgIpc) is 2.36. The molecule has 3 heteroatoms. The summed E-state index contributed by atoms with van der Waals surface area (Å²) in [6.45, 7) is 12.0. The Balaban J connectivity index is 2.59. The Morgan fingerprint density at radius 2 is 1.88 bits per heavy atom. The van der Waals surface area contributed by atoms with E-state index in [0.717, 1.165) is 19.6 Å². The molecule has 1 N–H and O–H groups in total. The number of hydrogen-bond acceptors (Lipinski definition) is 3. The van der Waals surface area contributed by atoms with Crippen LogP contribution in [0.15, 0.2) is 24.5 Å². The normalized spacial score (nSPS) is 14.9. The third-order valence-corrected chi connectivity index (χ3v) is 3.37. The van der Waals surface area contributed by atoms with Gasteiger partial charge in [-0.25, -0.2) is 0 Å². The van der Waals surface area contributed by atoms with Gasteiger partial charge in [0.05, 0.1) is 0 Å². The SMILES string of the molecule is CCNC(C)C(C)N(CC)Cc1ccncc1. The number of pyridine rings is 1. The lowest BCUT2D eigenvalue weighted by atomic mass is 10.1. The van der Waals surface area contributed by atoms with Crippen molar-refractivity contribution in [1.82, 2.24) is 15.2 Å². The van der Waals surface area contributed by atoms with Crippen molar-refractivity contribution in [2.24, 2.45) is 0 Å². The van der Waals surface area contributed by atoms with Crippen LogP contribution in [0.2, 0.25) is 0 Å². The van der Waals surface area contributed by atoms with Crippen LogP contribution < -0.4 is 5.32 Å². The van der Waals surface area contributed by atoms with Gasteiger partial charge in [0, 0.05) is 31.0 Å². The maximum Gasteiger partial charge on any atom is 0.0271 e. The molecule has 1 heterocycles. The predicted molar refractivity (Wildman–Crippen MR) is 72.9 cm³/mol. The molecule has 3 nitrogen and oxygen atoms in total. The van der Waals surface area contributed by atoms with E-state index >= 15 is 0 Å². The monoisotopic (exact) mass is 235 g/mol. The highest BCUT2D eigenvalue weighted by Crippen LogP contribution is 2.10. The van der Waals surface area contributed by atoms with Crippen molar-refractivity contribution in [3.8, 4) is 0 Å². The molecule has 0 aliphatic carbocycles. The van der Waals surface area contributed by atoms with Crippen LogP contribution in [0.4, 0.5) is 0 Å². The molecule has 0 bridgehead atoms. The van der Waals surface area contributed by atoms with E-state index in [2.05, 4.69) is 55.0 Å². The smallest absolute Gasteiger partial charge is 0.0271 e. The lowest BCUT2D eigenvalue weighted by Crippen LogP contribution is -2.46. The van der Waals surface area contributed by atoms with E-state index in [0.29, 0.717) is 12.1 Å². The predicted octanol–water partition coefficient (Wildman–Crippen LogP) is 2.29. The fourth-order valence-corrected chi connectivity index (χ4v) is 2.08. The molecular weight excluding hydrogens is 210 g/mol. The highest BCUT2D eigenvalue weighted by atomic mass is 15.2. The largest absolute Gasteiger partial charge is 0.313 e. The lowest BCUT2D eigenvalue weighted by molar-refractivity contribution is 0.176. The zero-order chi connectivity index (χ0) is 12.7. The molecule has 2 unspecified atom stereocenters. The molecular formula is C14H25N3. The second kappa shape index (κ2) is 7.41. The third-order valence-electron chi connectivity index (χ3n) is 3.37. The molecule has 1 rings (SSSR count). The summed E-state index contributed by atoms with van der Waals surface area (Å²) in [4.78, 5) is 6.55. The number of rotatable bonds is 7. The van der Waals surface area contributed by atoms with Crippen LogP contribution in [0.25, 0.3) is 0 Å². The highest BCUT2D eigenvalue weighted by Gasteiger charge is 2.17. The molecule has 0 radical (unpaired) electrons. The Bertz CT molecular complexity index is 300. The van der Waals surface area contributed by atoms with Gasteiger partial charge in [-0.2, -0.15) is 0 Å². The molecule has 0 saturated heterocycles. The molecule has 0 saturated carbocycles. The van der Waals surface area contributed by atoms with E-state index in [-0.39, 0.29) is 0 Å². The van der Waals surface area contributed by atoms with Crippen LogP contribution in [0.3, 0.4) is 0 Å².